The summed E-state index contributed by atoms with van der Waals surface area (Å²) >= 11 is 1.58. The number of hydrogen-bond donors (Lipinski definition) is 3. The number of nitrogens with one attached hydrogen (secondary N) is 3. The minimum atomic E-state index is 0.0619. The Kier molecular flexibility index (Phi) is 4.69. The maximum atomic E-state index is 12.2. The SMILES string of the molecule is O=C(Nc1cc(-c2ccc(NSc3ccccc3)cc2)c2cc[nH]c2n1)C1CC1. The van der Waals surface area contributed by atoms with Gasteiger partial charge in [-0.05, 0) is 72.3 Å². The molecule has 2 heterocycles. The first kappa shape index (κ1) is 17.8. The second-order valence-electron chi connectivity index (χ2n) is 7.15. The van der Waals surface area contributed by atoms with Gasteiger partial charge in [0.1, 0.15) is 11.5 Å². The number of benzene rings is 2. The second-order valence-corrected chi connectivity index (χ2v) is 8.03. The lowest BCUT2D eigenvalue weighted by molar-refractivity contribution is -0.117. The number of aromatic nitrogens is 2. The average molecular weight is 401 g/mol. The largest absolute Gasteiger partial charge is 0.346 e. The molecule has 1 saturated carbocycles. The number of anilines is 2. The predicted molar refractivity (Wildman–Crippen MR) is 119 cm³/mol. The first-order chi connectivity index (χ1) is 14.3. The first-order valence-electron chi connectivity index (χ1n) is 9.63. The number of aromatic amines is 1. The monoisotopic (exact) mass is 400 g/mol. The van der Waals surface area contributed by atoms with Gasteiger partial charge in [-0.3, -0.25) is 4.79 Å². The lowest BCUT2D eigenvalue weighted by Gasteiger charge is -2.10. The van der Waals surface area contributed by atoms with Crippen molar-refractivity contribution in [3.63, 3.8) is 0 Å². The molecule has 0 spiro atoms. The molecule has 0 saturated heterocycles. The first-order valence-corrected chi connectivity index (χ1v) is 10.5. The van der Waals surface area contributed by atoms with Crippen LogP contribution in [0, 0.1) is 5.92 Å². The van der Waals surface area contributed by atoms with E-state index in [9.17, 15) is 4.79 Å². The van der Waals surface area contributed by atoms with Crippen LogP contribution in [0.4, 0.5) is 11.5 Å². The smallest absolute Gasteiger partial charge is 0.228 e. The Labute approximate surface area is 173 Å². The minimum absolute atomic E-state index is 0.0619. The molecule has 5 rings (SSSR count). The van der Waals surface area contributed by atoms with Crippen molar-refractivity contribution in [3.05, 3.63) is 72.9 Å². The van der Waals surface area contributed by atoms with Gasteiger partial charge in [0.25, 0.3) is 0 Å². The van der Waals surface area contributed by atoms with Crippen LogP contribution in [-0.4, -0.2) is 15.9 Å². The Bertz CT molecular complexity index is 1150. The summed E-state index contributed by atoms with van der Waals surface area (Å²) in [4.78, 5) is 21.0. The van der Waals surface area contributed by atoms with E-state index in [2.05, 4.69) is 56.4 Å². The Hall–Kier alpha value is -3.25. The lowest BCUT2D eigenvalue weighted by Crippen LogP contribution is -2.14. The number of carbonyl (C=O) groups is 1. The van der Waals surface area contributed by atoms with Crippen LogP contribution in [0.25, 0.3) is 22.2 Å². The van der Waals surface area contributed by atoms with E-state index in [1.807, 2.05) is 36.5 Å². The Balaban J connectivity index is 1.39. The van der Waals surface area contributed by atoms with Crippen molar-refractivity contribution < 1.29 is 4.79 Å². The number of amides is 1. The maximum Gasteiger partial charge on any atom is 0.228 e. The molecule has 0 atom stereocenters. The third-order valence-electron chi connectivity index (χ3n) is 4.95. The molecule has 6 heteroatoms. The fourth-order valence-corrected chi connectivity index (χ4v) is 3.90. The number of pyridine rings is 1. The van der Waals surface area contributed by atoms with Gasteiger partial charge in [-0.25, -0.2) is 4.98 Å². The zero-order valence-electron chi connectivity index (χ0n) is 15.7. The molecule has 4 aromatic rings. The molecule has 1 fully saturated rings. The van der Waals surface area contributed by atoms with Crippen molar-refractivity contribution in [2.24, 2.45) is 5.92 Å². The summed E-state index contributed by atoms with van der Waals surface area (Å²) in [6.07, 6.45) is 3.82. The second kappa shape index (κ2) is 7.64. The summed E-state index contributed by atoms with van der Waals surface area (Å²) in [7, 11) is 0. The van der Waals surface area contributed by atoms with Gasteiger partial charge in [-0.15, -0.1) is 0 Å². The molecule has 2 aromatic heterocycles. The highest BCUT2D eigenvalue weighted by atomic mass is 32.2. The van der Waals surface area contributed by atoms with Crippen LogP contribution in [0.5, 0.6) is 0 Å². The van der Waals surface area contributed by atoms with Crippen LogP contribution < -0.4 is 10.0 Å². The van der Waals surface area contributed by atoms with E-state index in [0.29, 0.717) is 5.82 Å². The van der Waals surface area contributed by atoms with Crippen LogP contribution in [0.15, 0.2) is 77.8 Å². The molecule has 1 aliphatic rings. The maximum absolute atomic E-state index is 12.2. The van der Waals surface area contributed by atoms with Crippen molar-refractivity contribution in [2.75, 3.05) is 10.0 Å². The van der Waals surface area contributed by atoms with E-state index in [1.165, 1.54) is 0 Å². The molecule has 3 N–H and O–H groups in total. The van der Waals surface area contributed by atoms with Crippen LogP contribution in [0.2, 0.25) is 0 Å². The zero-order valence-corrected chi connectivity index (χ0v) is 16.5. The number of nitrogens with zero attached hydrogens (tertiary/aromatic N) is 1. The summed E-state index contributed by atoms with van der Waals surface area (Å²) in [5.41, 5.74) is 3.93. The quantitative estimate of drug-likeness (QED) is 0.363. The van der Waals surface area contributed by atoms with Crippen molar-refractivity contribution >= 4 is 40.4 Å². The Morgan fingerprint density at radius 2 is 1.83 bits per heavy atom. The summed E-state index contributed by atoms with van der Waals surface area (Å²) in [6, 6.07) is 22.5. The van der Waals surface area contributed by atoms with Crippen LogP contribution in [0.3, 0.4) is 0 Å². The number of H-pyrrole nitrogens is 1. The molecule has 0 radical (unpaired) electrons. The van der Waals surface area contributed by atoms with E-state index >= 15 is 0 Å². The highest BCUT2D eigenvalue weighted by molar-refractivity contribution is 8.00. The third kappa shape index (κ3) is 3.98. The third-order valence-corrected chi connectivity index (χ3v) is 5.80. The molecule has 0 unspecified atom stereocenters. The van der Waals surface area contributed by atoms with Crippen molar-refractivity contribution in [3.8, 4) is 11.1 Å². The van der Waals surface area contributed by atoms with E-state index in [-0.39, 0.29) is 11.8 Å². The molecule has 1 amide bonds. The van der Waals surface area contributed by atoms with Crippen LogP contribution in [0.1, 0.15) is 12.8 Å². The predicted octanol–water partition coefficient (Wildman–Crippen LogP) is 5.70. The summed E-state index contributed by atoms with van der Waals surface area (Å²) in [6.45, 7) is 0. The molecule has 2 aromatic carbocycles. The van der Waals surface area contributed by atoms with E-state index in [1.54, 1.807) is 11.9 Å². The van der Waals surface area contributed by atoms with Gasteiger partial charge in [-0.2, -0.15) is 0 Å². The van der Waals surface area contributed by atoms with Gasteiger partial charge in [0.2, 0.25) is 5.91 Å². The number of hydrogen-bond acceptors (Lipinski definition) is 4. The van der Waals surface area contributed by atoms with Gasteiger partial charge in [0.05, 0.1) is 0 Å². The average Bonchev–Trinajstić information content (AvgIpc) is 3.51. The van der Waals surface area contributed by atoms with Gasteiger partial charge < -0.3 is 15.0 Å². The molecule has 0 aliphatic heterocycles. The molecule has 0 bridgehead atoms. The van der Waals surface area contributed by atoms with E-state index in [4.69, 9.17) is 0 Å². The Morgan fingerprint density at radius 3 is 2.59 bits per heavy atom. The van der Waals surface area contributed by atoms with Gasteiger partial charge in [0, 0.05) is 28.1 Å². The zero-order chi connectivity index (χ0) is 19.6. The normalized spacial score (nSPS) is 13.4. The number of carbonyl (C=O) groups excluding carboxylic acids is 1. The number of rotatable bonds is 6. The van der Waals surface area contributed by atoms with Crippen molar-refractivity contribution in [1.29, 1.82) is 0 Å². The van der Waals surface area contributed by atoms with Crippen LogP contribution in [-0.2, 0) is 4.79 Å². The van der Waals surface area contributed by atoms with Crippen LogP contribution >= 0.6 is 11.9 Å². The standard InChI is InChI=1S/C23H20N4OS/c28-23(16-6-7-16)26-21-14-20(19-12-13-24-22(19)25-21)15-8-10-17(11-9-15)27-29-18-4-2-1-3-5-18/h1-5,8-14,16,27H,6-7H2,(H2,24,25,26,28). The summed E-state index contributed by atoms with van der Waals surface area (Å²) in [5.74, 6) is 0.799. The van der Waals surface area contributed by atoms with Gasteiger partial charge in [0.15, 0.2) is 0 Å². The molecule has 5 nitrogen and oxygen atoms in total. The van der Waals surface area contributed by atoms with Gasteiger partial charge in [-0.1, -0.05) is 30.3 Å². The fourth-order valence-electron chi connectivity index (χ4n) is 3.24. The van der Waals surface area contributed by atoms with E-state index < -0.39 is 0 Å². The highest BCUT2D eigenvalue weighted by Crippen LogP contribution is 2.33. The van der Waals surface area contributed by atoms with Crippen molar-refractivity contribution in [1.82, 2.24) is 9.97 Å². The van der Waals surface area contributed by atoms with Crippen molar-refractivity contribution in [2.45, 2.75) is 17.7 Å². The molecular weight excluding hydrogens is 380 g/mol. The lowest BCUT2D eigenvalue weighted by atomic mass is 10.0. The fraction of sp³-hybridized carbons (Fsp3) is 0.130. The molecule has 144 valence electrons. The molecular formula is C23H20N4OS. The number of fused-ring (bicyclic) bond motifs is 1. The van der Waals surface area contributed by atoms with E-state index in [0.717, 1.165) is 45.6 Å². The summed E-state index contributed by atoms with van der Waals surface area (Å²) in [5, 5.41) is 4.00. The Morgan fingerprint density at radius 1 is 1.03 bits per heavy atom. The summed E-state index contributed by atoms with van der Waals surface area (Å²) < 4.78 is 3.37. The van der Waals surface area contributed by atoms with Gasteiger partial charge >= 0.3 is 0 Å². The molecule has 29 heavy (non-hydrogen) atoms. The topological polar surface area (TPSA) is 69.8 Å². The minimum Gasteiger partial charge on any atom is -0.346 e. The highest BCUT2D eigenvalue weighted by Gasteiger charge is 2.30. The molecule has 1 aliphatic carbocycles.